The topological polar surface area (TPSA) is 46.3 Å². The van der Waals surface area contributed by atoms with Crippen LogP contribution in [0.3, 0.4) is 0 Å². The third kappa shape index (κ3) is 4.79. The van der Waals surface area contributed by atoms with Crippen molar-refractivity contribution in [1.82, 2.24) is 4.90 Å². The van der Waals surface area contributed by atoms with Gasteiger partial charge in [-0.15, -0.1) is 0 Å². The maximum Gasteiger partial charge on any atom is 0.255 e. The van der Waals surface area contributed by atoms with E-state index in [1.165, 1.54) is 7.05 Å². The SMILES string of the molecule is CN(CC(F)F)C(=O)[C@@H](N)CCc1ccccc1. The van der Waals surface area contributed by atoms with Crippen LogP contribution in [-0.2, 0) is 11.2 Å². The Balaban J connectivity index is 2.40. The van der Waals surface area contributed by atoms with E-state index in [0.717, 1.165) is 10.5 Å². The van der Waals surface area contributed by atoms with Gasteiger partial charge in [0.25, 0.3) is 6.43 Å². The molecule has 0 unspecified atom stereocenters. The molecule has 0 fully saturated rings. The third-order valence-electron chi connectivity index (χ3n) is 2.69. The molecule has 0 aliphatic rings. The molecule has 0 radical (unpaired) electrons. The lowest BCUT2D eigenvalue weighted by molar-refractivity contribution is -0.133. The van der Waals surface area contributed by atoms with Crippen molar-refractivity contribution in [3.05, 3.63) is 35.9 Å². The number of aryl methyl sites for hydroxylation is 1. The molecule has 0 saturated heterocycles. The van der Waals surface area contributed by atoms with E-state index in [2.05, 4.69) is 0 Å². The van der Waals surface area contributed by atoms with Crippen LogP contribution in [0, 0.1) is 0 Å². The van der Waals surface area contributed by atoms with Crippen molar-refractivity contribution in [1.29, 1.82) is 0 Å². The van der Waals surface area contributed by atoms with Gasteiger partial charge in [0.2, 0.25) is 5.91 Å². The number of rotatable bonds is 6. The molecule has 0 bridgehead atoms. The molecular weight excluding hydrogens is 238 g/mol. The Hall–Kier alpha value is -1.49. The van der Waals surface area contributed by atoms with Crippen LogP contribution in [0.15, 0.2) is 30.3 Å². The van der Waals surface area contributed by atoms with Gasteiger partial charge in [0.05, 0.1) is 12.6 Å². The molecule has 0 heterocycles. The van der Waals surface area contributed by atoms with E-state index in [9.17, 15) is 13.6 Å². The van der Waals surface area contributed by atoms with Gasteiger partial charge in [0, 0.05) is 7.05 Å². The van der Waals surface area contributed by atoms with Gasteiger partial charge in [0.15, 0.2) is 0 Å². The molecule has 1 aromatic rings. The molecule has 2 N–H and O–H groups in total. The Bertz CT molecular complexity index is 371. The van der Waals surface area contributed by atoms with Crippen LogP contribution in [0.2, 0.25) is 0 Å². The summed E-state index contributed by atoms with van der Waals surface area (Å²) in [5, 5.41) is 0. The maximum absolute atomic E-state index is 12.1. The highest BCUT2D eigenvalue weighted by atomic mass is 19.3. The summed E-state index contributed by atoms with van der Waals surface area (Å²) in [6.45, 7) is -0.572. The van der Waals surface area contributed by atoms with Crippen molar-refractivity contribution in [2.75, 3.05) is 13.6 Å². The number of amides is 1. The quantitative estimate of drug-likeness (QED) is 0.841. The number of likely N-dealkylation sites (N-methyl/N-ethyl adjacent to an activating group) is 1. The molecule has 1 atom stereocenters. The Morgan fingerprint density at radius 2 is 1.94 bits per heavy atom. The fourth-order valence-corrected chi connectivity index (χ4v) is 1.67. The summed E-state index contributed by atoms with van der Waals surface area (Å²) >= 11 is 0. The smallest absolute Gasteiger partial charge is 0.255 e. The lowest BCUT2D eigenvalue weighted by Gasteiger charge is -2.20. The zero-order valence-corrected chi connectivity index (χ0v) is 10.4. The first-order chi connectivity index (χ1) is 8.50. The molecule has 0 spiro atoms. The number of carbonyl (C=O) groups is 1. The van der Waals surface area contributed by atoms with E-state index in [-0.39, 0.29) is 0 Å². The second kappa shape index (κ2) is 7.06. The molecule has 100 valence electrons. The second-order valence-electron chi connectivity index (χ2n) is 4.24. The first-order valence-corrected chi connectivity index (χ1v) is 5.83. The number of nitrogens with zero attached hydrogens (tertiary/aromatic N) is 1. The average molecular weight is 256 g/mol. The minimum Gasteiger partial charge on any atom is -0.339 e. The molecular formula is C13H18F2N2O. The predicted molar refractivity (Wildman–Crippen MR) is 66.4 cm³/mol. The predicted octanol–water partition coefficient (Wildman–Crippen LogP) is 1.67. The number of nitrogens with two attached hydrogens (primary N) is 1. The number of carbonyl (C=O) groups excluding carboxylic acids is 1. The average Bonchev–Trinajstić information content (AvgIpc) is 2.35. The molecule has 0 saturated carbocycles. The third-order valence-corrected chi connectivity index (χ3v) is 2.69. The van der Waals surface area contributed by atoms with E-state index in [1.807, 2.05) is 30.3 Å². The van der Waals surface area contributed by atoms with Crippen molar-refractivity contribution >= 4 is 5.91 Å². The van der Waals surface area contributed by atoms with E-state index in [0.29, 0.717) is 12.8 Å². The number of benzene rings is 1. The normalized spacial score (nSPS) is 12.5. The summed E-state index contributed by atoms with van der Waals surface area (Å²) in [4.78, 5) is 12.7. The first-order valence-electron chi connectivity index (χ1n) is 5.83. The summed E-state index contributed by atoms with van der Waals surface area (Å²) in [6, 6.07) is 8.89. The van der Waals surface area contributed by atoms with Crippen LogP contribution in [0.25, 0.3) is 0 Å². The minimum atomic E-state index is -2.53. The molecule has 1 amide bonds. The summed E-state index contributed by atoms with van der Waals surface area (Å²) in [5.41, 5.74) is 6.79. The summed E-state index contributed by atoms with van der Waals surface area (Å²) in [6.07, 6.45) is -1.41. The highest BCUT2D eigenvalue weighted by Crippen LogP contribution is 2.06. The van der Waals surface area contributed by atoms with Crippen molar-refractivity contribution in [2.24, 2.45) is 5.73 Å². The fraction of sp³-hybridized carbons (Fsp3) is 0.462. The van der Waals surface area contributed by atoms with Gasteiger partial charge in [-0.1, -0.05) is 30.3 Å². The maximum atomic E-state index is 12.1. The van der Waals surface area contributed by atoms with Crippen LogP contribution < -0.4 is 5.73 Å². The van der Waals surface area contributed by atoms with Crippen LogP contribution in [0.4, 0.5) is 8.78 Å². The number of halogens is 2. The summed E-state index contributed by atoms with van der Waals surface area (Å²) in [5.74, 6) is -0.439. The van der Waals surface area contributed by atoms with E-state index in [4.69, 9.17) is 5.73 Å². The van der Waals surface area contributed by atoms with Crippen molar-refractivity contribution in [3.63, 3.8) is 0 Å². The van der Waals surface area contributed by atoms with Crippen LogP contribution >= 0.6 is 0 Å². The lowest BCUT2D eigenvalue weighted by Crippen LogP contribution is -2.43. The second-order valence-corrected chi connectivity index (χ2v) is 4.24. The Labute approximate surface area is 106 Å². The van der Waals surface area contributed by atoms with Crippen molar-refractivity contribution < 1.29 is 13.6 Å². The van der Waals surface area contributed by atoms with Gasteiger partial charge in [0.1, 0.15) is 0 Å². The Kier molecular flexibility index (Phi) is 5.71. The van der Waals surface area contributed by atoms with Gasteiger partial charge < -0.3 is 10.6 Å². The largest absolute Gasteiger partial charge is 0.339 e. The van der Waals surface area contributed by atoms with Crippen molar-refractivity contribution in [2.45, 2.75) is 25.3 Å². The van der Waals surface area contributed by atoms with Gasteiger partial charge in [-0.05, 0) is 18.4 Å². The standard InChI is InChI=1S/C13H18F2N2O/c1-17(9-12(14)15)13(18)11(16)8-7-10-5-3-2-4-6-10/h2-6,11-12H,7-9,16H2,1H3/t11-/m0/s1. The molecule has 0 aliphatic carbocycles. The zero-order valence-electron chi connectivity index (χ0n) is 10.4. The highest BCUT2D eigenvalue weighted by Gasteiger charge is 2.20. The lowest BCUT2D eigenvalue weighted by atomic mass is 10.1. The van der Waals surface area contributed by atoms with Gasteiger partial charge in [-0.25, -0.2) is 8.78 Å². The monoisotopic (exact) mass is 256 g/mol. The van der Waals surface area contributed by atoms with Crippen molar-refractivity contribution in [3.8, 4) is 0 Å². The first kappa shape index (κ1) is 14.6. The van der Waals surface area contributed by atoms with Crippen LogP contribution in [0.5, 0.6) is 0 Å². The van der Waals surface area contributed by atoms with E-state index >= 15 is 0 Å². The molecule has 18 heavy (non-hydrogen) atoms. The summed E-state index contributed by atoms with van der Waals surface area (Å²) < 4.78 is 24.3. The van der Waals surface area contributed by atoms with Crippen LogP contribution in [0.1, 0.15) is 12.0 Å². The molecule has 5 heteroatoms. The molecule has 3 nitrogen and oxygen atoms in total. The fourth-order valence-electron chi connectivity index (χ4n) is 1.67. The van der Waals surface area contributed by atoms with E-state index < -0.39 is 24.9 Å². The molecule has 1 rings (SSSR count). The number of alkyl halides is 2. The van der Waals surface area contributed by atoms with Crippen LogP contribution in [-0.4, -0.2) is 36.9 Å². The number of hydrogen-bond donors (Lipinski definition) is 1. The molecule has 1 aromatic carbocycles. The number of hydrogen-bond acceptors (Lipinski definition) is 2. The molecule has 0 aliphatic heterocycles. The van der Waals surface area contributed by atoms with E-state index in [1.54, 1.807) is 0 Å². The summed E-state index contributed by atoms with van der Waals surface area (Å²) in [7, 11) is 1.34. The minimum absolute atomic E-state index is 0.439. The van der Waals surface area contributed by atoms with Gasteiger partial charge in [-0.2, -0.15) is 0 Å². The zero-order chi connectivity index (χ0) is 13.5. The Morgan fingerprint density at radius 3 is 2.50 bits per heavy atom. The molecule has 0 aromatic heterocycles. The highest BCUT2D eigenvalue weighted by molar-refractivity contribution is 5.81. The van der Waals surface area contributed by atoms with Gasteiger partial charge >= 0.3 is 0 Å². The van der Waals surface area contributed by atoms with Gasteiger partial charge in [-0.3, -0.25) is 4.79 Å². The Morgan fingerprint density at radius 1 is 1.33 bits per heavy atom.